The molecular formula is C15H20F3NO5. The normalized spacial score (nSPS) is 14.7. The van der Waals surface area contributed by atoms with Crippen LogP contribution in [0.15, 0.2) is 24.3 Å². The van der Waals surface area contributed by atoms with E-state index < -0.39 is 42.6 Å². The Morgan fingerprint density at radius 3 is 2.33 bits per heavy atom. The smallest absolute Gasteiger partial charge is 0.444 e. The van der Waals surface area contributed by atoms with E-state index >= 15 is 0 Å². The molecule has 9 heteroatoms. The number of alkyl carbamates (subject to hydrolysis) is 1. The molecule has 0 saturated heterocycles. The molecule has 2 atom stereocenters. The Labute approximate surface area is 137 Å². The maximum atomic E-state index is 12.4. The van der Waals surface area contributed by atoms with E-state index in [2.05, 4.69) is 10.1 Å². The number of halogens is 3. The summed E-state index contributed by atoms with van der Waals surface area (Å²) >= 11 is 0. The van der Waals surface area contributed by atoms with E-state index in [9.17, 15) is 28.2 Å². The Kier molecular flexibility index (Phi) is 6.44. The van der Waals surface area contributed by atoms with Crippen LogP contribution >= 0.6 is 0 Å². The number of carbonyl (C=O) groups is 1. The predicted molar refractivity (Wildman–Crippen MR) is 78.3 cm³/mol. The van der Waals surface area contributed by atoms with Crippen molar-refractivity contribution in [3.05, 3.63) is 29.8 Å². The first-order valence-corrected chi connectivity index (χ1v) is 7.07. The molecule has 0 aliphatic heterocycles. The number of ether oxygens (including phenoxy) is 2. The van der Waals surface area contributed by atoms with E-state index in [0.717, 1.165) is 6.07 Å². The van der Waals surface area contributed by atoms with Crippen LogP contribution in [0.1, 0.15) is 32.4 Å². The Morgan fingerprint density at radius 1 is 1.21 bits per heavy atom. The van der Waals surface area contributed by atoms with Crippen LogP contribution in [0.2, 0.25) is 0 Å². The summed E-state index contributed by atoms with van der Waals surface area (Å²) in [5.74, 6) is -0.631. The fourth-order valence-corrected chi connectivity index (χ4v) is 1.76. The Morgan fingerprint density at radius 2 is 1.79 bits per heavy atom. The molecule has 0 radical (unpaired) electrons. The molecule has 3 N–H and O–H groups in total. The van der Waals surface area contributed by atoms with Gasteiger partial charge >= 0.3 is 12.5 Å². The topological polar surface area (TPSA) is 88.0 Å². The summed E-state index contributed by atoms with van der Waals surface area (Å²) in [6, 6.07) is 4.88. The van der Waals surface area contributed by atoms with Gasteiger partial charge in [0.25, 0.3) is 0 Å². The molecule has 0 fully saturated rings. The van der Waals surface area contributed by atoms with E-state index in [-0.39, 0.29) is 5.56 Å². The summed E-state index contributed by atoms with van der Waals surface area (Å²) in [5.41, 5.74) is -1.01. The Hall–Kier alpha value is -2.00. The van der Waals surface area contributed by atoms with Crippen molar-refractivity contribution in [2.45, 2.75) is 44.9 Å². The van der Waals surface area contributed by atoms with E-state index in [0.29, 0.717) is 0 Å². The molecule has 136 valence electrons. The minimum Gasteiger partial charge on any atom is -0.444 e. The van der Waals surface area contributed by atoms with Crippen molar-refractivity contribution in [3.63, 3.8) is 0 Å². The standard InChI is InChI=1S/C15H20F3NO5/c1-14(2,3)24-13(22)19-8-10(20)12(21)9-6-4-5-7-11(9)23-15(16,17)18/h4-7,10,12,20-21H,8H2,1-3H3,(H,19,22). The number of alkyl halides is 3. The molecule has 0 bridgehead atoms. The molecule has 0 aliphatic rings. The van der Waals surface area contributed by atoms with Crippen LogP contribution in [-0.4, -0.2) is 40.9 Å². The summed E-state index contributed by atoms with van der Waals surface area (Å²) in [5, 5.41) is 22.1. The number of benzene rings is 1. The minimum absolute atomic E-state index is 0.256. The highest BCUT2D eigenvalue weighted by Gasteiger charge is 2.33. The number of nitrogens with one attached hydrogen (secondary N) is 1. The third-order valence-electron chi connectivity index (χ3n) is 2.68. The number of aliphatic hydroxyl groups is 2. The molecule has 0 aliphatic carbocycles. The quantitative estimate of drug-likeness (QED) is 0.759. The highest BCUT2D eigenvalue weighted by Crippen LogP contribution is 2.31. The van der Waals surface area contributed by atoms with Crippen LogP contribution in [-0.2, 0) is 4.74 Å². The molecule has 1 amide bonds. The summed E-state index contributed by atoms with van der Waals surface area (Å²) in [7, 11) is 0. The summed E-state index contributed by atoms with van der Waals surface area (Å²) in [4.78, 5) is 11.5. The van der Waals surface area contributed by atoms with Gasteiger partial charge < -0.3 is 25.0 Å². The second kappa shape index (κ2) is 7.71. The van der Waals surface area contributed by atoms with Crippen LogP contribution in [0, 0.1) is 0 Å². The average Bonchev–Trinajstić information content (AvgIpc) is 2.41. The number of hydrogen-bond acceptors (Lipinski definition) is 5. The molecule has 1 rings (SSSR count). The average molecular weight is 351 g/mol. The van der Waals surface area contributed by atoms with Crippen LogP contribution in [0.5, 0.6) is 5.75 Å². The SMILES string of the molecule is CC(C)(C)OC(=O)NCC(O)C(O)c1ccccc1OC(F)(F)F. The van der Waals surface area contributed by atoms with Crippen molar-refractivity contribution in [2.75, 3.05) is 6.54 Å². The van der Waals surface area contributed by atoms with Gasteiger partial charge in [0.15, 0.2) is 0 Å². The number of rotatable bonds is 5. The van der Waals surface area contributed by atoms with Gasteiger partial charge in [-0.15, -0.1) is 13.2 Å². The highest BCUT2D eigenvalue weighted by atomic mass is 19.4. The third-order valence-corrected chi connectivity index (χ3v) is 2.68. The van der Waals surface area contributed by atoms with Crippen molar-refractivity contribution >= 4 is 6.09 Å². The number of carbonyl (C=O) groups excluding carboxylic acids is 1. The van der Waals surface area contributed by atoms with E-state index in [1.165, 1.54) is 18.2 Å². The fourth-order valence-electron chi connectivity index (χ4n) is 1.76. The fraction of sp³-hybridized carbons (Fsp3) is 0.533. The third kappa shape index (κ3) is 7.05. The molecular weight excluding hydrogens is 331 g/mol. The van der Waals surface area contributed by atoms with E-state index in [1.54, 1.807) is 20.8 Å². The van der Waals surface area contributed by atoms with Crippen LogP contribution in [0.4, 0.5) is 18.0 Å². The number of aliphatic hydroxyl groups excluding tert-OH is 2. The molecule has 2 unspecified atom stereocenters. The van der Waals surface area contributed by atoms with Crippen LogP contribution in [0.25, 0.3) is 0 Å². The molecule has 0 heterocycles. The van der Waals surface area contributed by atoms with E-state index in [4.69, 9.17) is 4.74 Å². The summed E-state index contributed by atoms with van der Waals surface area (Å²) in [6.45, 7) is 4.50. The number of para-hydroxylation sites is 1. The van der Waals surface area contributed by atoms with Gasteiger partial charge in [-0.3, -0.25) is 0 Å². The van der Waals surface area contributed by atoms with Crippen molar-refractivity contribution in [1.82, 2.24) is 5.32 Å². The van der Waals surface area contributed by atoms with Gasteiger partial charge in [0.05, 0.1) is 0 Å². The molecule has 0 aromatic heterocycles. The summed E-state index contributed by atoms with van der Waals surface area (Å²) in [6.07, 6.45) is -9.02. The molecule has 0 spiro atoms. The molecule has 1 aromatic carbocycles. The highest BCUT2D eigenvalue weighted by molar-refractivity contribution is 5.67. The van der Waals surface area contributed by atoms with Crippen molar-refractivity contribution in [2.24, 2.45) is 0 Å². The maximum absolute atomic E-state index is 12.4. The van der Waals surface area contributed by atoms with Crippen LogP contribution < -0.4 is 10.1 Å². The van der Waals surface area contributed by atoms with Gasteiger partial charge in [-0.05, 0) is 26.8 Å². The zero-order chi connectivity index (χ0) is 18.5. The van der Waals surface area contributed by atoms with E-state index in [1.807, 2.05) is 0 Å². The lowest BCUT2D eigenvalue weighted by Gasteiger charge is -2.23. The zero-order valence-corrected chi connectivity index (χ0v) is 13.4. The molecule has 0 saturated carbocycles. The first kappa shape index (κ1) is 20.0. The first-order chi connectivity index (χ1) is 10.9. The lowest BCUT2D eigenvalue weighted by atomic mass is 10.0. The first-order valence-electron chi connectivity index (χ1n) is 7.07. The number of hydrogen-bond donors (Lipinski definition) is 3. The second-order valence-electron chi connectivity index (χ2n) is 5.98. The van der Waals surface area contributed by atoms with Crippen LogP contribution in [0.3, 0.4) is 0 Å². The molecule has 6 nitrogen and oxygen atoms in total. The maximum Gasteiger partial charge on any atom is 0.573 e. The zero-order valence-electron chi connectivity index (χ0n) is 13.4. The largest absolute Gasteiger partial charge is 0.573 e. The van der Waals surface area contributed by atoms with Gasteiger partial charge in [-0.25, -0.2) is 4.79 Å². The Balaban J connectivity index is 2.73. The number of amides is 1. The lowest BCUT2D eigenvalue weighted by Crippen LogP contribution is -2.39. The minimum atomic E-state index is -4.93. The van der Waals surface area contributed by atoms with Crippen molar-refractivity contribution in [1.29, 1.82) is 0 Å². The van der Waals surface area contributed by atoms with Crippen molar-refractivity contribution in [3.8, 4) is 5.75 Å². The van der Waals surface area contributed by atoms with Gasteiger partial charge in [0, 0.05) is 12.1 Å². The van der Waals surface area contributed by atoms with Gasteiger partial charge in [0.2, 0.25) is 0 Å². The Bertz CT molecular complexity index is 557. The van der Waals surface area contributed by atoms with Gasteiger partial charge in [0.1, 0.15) is 23.6 Å². The monoisotopic (exact) mass is 351 g/mol. The van der Waals surface area contributed by atoms with Crippen molar-refractivity contribution < 1.29 is 37.7 Å². The second-order valence-corrected chi connectivity index (χ2v) is 5.98. The molecule has 24 heavy (non-hydrogen) atoms. The lowest BCUT2D eigenvalue weighted by molar-refractivity contribution is -0.275. The predicted octanol–water partition coefficient (Wildman–Crippen LogP) is 2.50. The van der Waals surface area contributed by atoms with Gasteiger partial charge in [-0.1, -0.05) is 18.2 Å². The van der Waals surface area contributed by atoms with Gasteiger partial charge in [-0.2, -0.15) is 0 Å². The summed E-state index contributed by atoms with van der Waals surface area (Å²) < 4.78 is 45.8. The molecule has 1 aromatic rings.